The molecular weight excluding hydrogens is 427 g/mol. The highest BCUT2D eigenvalue weighted by atomic mass is 19.1. The molecule has 2 fully saturated rings. The summed E-state index contributed by atoms with van der Waals surface area (Å²) in [5, 5.41) is 3.01. The molecule has 1 aromatic heterocycles. The molecule has 0 aliphatic carbocycles. The summed E-state index contributed by atoms with van der Waals surface area (Å²) in [6.07, 6.45) is 4.93. The number of hydrogen-bond donors (Lipinski definition) is 1. The van der Waals surface area contributed by atoms with Gasteiger partial charge in [0.05, 0.1) is 31.3 Å². The first-order valence-electron chi connectivity index (χ1n) is 11.7. The van der Waals surface area contributed by atoms with Crippen LogP contribution in [-0.2, 0) is 27.4 Å². The fraction of sp³-hybridized carbons (Fsp3) is 0.542. The van der Waals surface area contributed by atoms with Crippen molar-refractivity contribution in [2.75, 3.05) is 26.2 Å². The first kappa shape index (κ1) is 22.0. The van der Waals surface area contributed by atoms with Gasteiger partial charge in [0.15, 0.2) is 5.69 Å². The van der Waals surface area contributed by atoms with Gasteiger partial charge < -0.3 is 24.3 Å². The van der Waals surface area contributed by atoms with Gasteiger partial charge in [-0.3, -0.25) is 9.59 Å². The number of nitrogens with zero attached hydrogens (tertiary/aromatic N) is 3. The number of hydrogen-bond acceptors (Lipinski definition) is 5. The Hall–Kier alpha value is -2.78. The summed E-state index contributed by atoms with van der Waals surface area (Å²) in [6.45, 7) is 3.19. The third-order valence-corrected chi connectivity index (χ3v) is 6.86. The van der Waals surface area contributed by atoms with Crippen molar-refractivity contribution in [1.29, 1.82) is 0 Å². The molecule has 3 aliphatic rings. The molecule has 176 valence electrons. The van der Waals surface area contributed by atoms with Gasteiger partial charge in [-0.2, -0.15) is 0 Å². The predicted octanol–water partition coefficient (Wildman–Crippen LogP) is 2.44. The zero-order chi connectivity index (χ0) is 22.8. The molecule has 0 radical (unpaired) electrons. The standard InChI is InChI=1S/C24H29FN4O4/c25-18-5-3-16(4-6-18)21-13-29-15-27-22(20(29)14-33-21)24(31)28-9-7-17(8-10-28)23(30)26-12-19-2-1-11-32-19/h3-6,15,17,19,21H,1-2,7-14H2,(H,26,30)/t19-,21+/m0/s1. The molecule has 0 saturated carbocycles. The van der Waals surface area contributed by atoms with Crippen molar-refractivity contribution < 1.29 is 23.5 Å². The number of rotatable bonds is 5. The van der Waals surface area contributed by atoms with Crippen molar-refractivity contribution in [3.8, 4) is 0 Å². The van der Waals surface area contributed by atoms with Crippen LogP contribution in [0, 0.1) is 11.7 Å². The van der Waals surface area contributed by atoms with E-state index < -0.39 is 0 Å². The zero-order valence-corrected chi connectivity index (χ0v) is 18.5. The van der Waals surface area contributed by atoms with Crippen LogP contribution in [0.1, 0.15) is 53.5 Å². The van der Waals surface area contributed by atoms with Gasteiger partial charge in [0.25, 0.3) is 5.91 Å². The molecule has 2 atom stereocenters. The second-order valence-electron chi connectivity index (χ2n) is 8.99. The lowest BCUT2D eigenvalue weighted by atomic mass is 9.95. The summed E-state index contributed by atoms with van der Waals surface area (Å²) < 4.78 is 26.7. The number of amides is 2. The van der Waals surface area contributed by atoms with E-state index in [-0.39, 0.29) is 42.4 Å². The van der Waals surface area contributed by atoms with Crippen LogP contribution in [0.2, 0.25) is 0 Å². The van der Waals surface area contributed by atoms with Crippen LogP contribution in [0.3, 0.4) is 0 Å². The number of aromatic nitrogens is 2. The van der Waals surface area contributed by atoms with Gasteiger partial charge in [0, 0.05) is 32.2 Å². The Morgan fingerprint density at radius 3 is 2.64 bits per heavy atom. The van der Waals surface area contributed by atoms with Crippen molar-refractivity contribution in [1.82, 2.24) is 19.8 Å². The molecule has 0 bridgehead atoms. The molecule has 2 amide bonds. The van der Waals surface area contributed by atoms with Crippen molar-refractivity contribution in [2.45, 2.75) is 51.0 Å². The number of benzene rings is 1. The molecule has 9 heteroatoms. The molecule has 0 spiro atoms. The number of fused-ring (bicyclic) bond motifs is 1. The number of piperidine rings is 1. The molecule has 1 N–H and O–H groups in total. The highest BCUT2D eigenvalue weighted by Gasteiger charge is 2.32. The summed E-state index contributed by atoms with van der Waals surface area (Å²) in [6, 6.07) is 6.27. The number of carbonyl (C=O) groups is 2. The number of halogens is 1. The molecule has 3 aliphatic heterocycles. The first-order valence-corrected chi connectivity index (χ1v) is 11.7. The Morgan fingerprint density at radius 1 is 1.12 bits per heavy atom. The number of imidazole rings is 1. The van der Waals surface area contributed by atoms with Gasteiger partial charge in [-0.15, -0.1) is 0 Å². The minimum absolute atomic E-state index is 0.0530. The van der Waals surface area contributed by atoms with Crippen LogP contribution in [0.5, 0.6) is 0 Å². The second kappa shape index (κ2) is 9.61. The number of carbonyl (C=O) groups excluding carboxylic acids is 2. The van der Waals surface area contributed by atoms with E-state index in [1.54, 1.807) is 23.4 Å². The zero-order valence-electron chi connectivity index (χ0n) is 18.5. The smallest absolute Gasteiger partial charge is 0.274 e. The Labute approximate surface area is 192 Å². The van der Waals surface area contributed by atoms with Crippen LogP contribution in [0.4, 0.5) is 4.39 Å². The fourth-order valence-electron chi connectivity index (χ4n) is 4.84. The maximum absolute atomic E-state index is 13.2. The Kier molecular flexibility index (Phi) is 6.41. The summed E-state index contributed by atoms with van der Waals surface area (Å²) >= 11 is 0. The normalized spacial score (nSPS) is 23.4. The molecule has 5 rings (SSSR count). The molecule has 33 heavy (non-hydrogen) atoms. The van der Waals surface area contributed by atoms with Gasteiger partial charge in [-0.25, -0.2) is 9.37 Å². The monoisotopic (exact) mass is 456 g/mol. The Bertz CT molecular complexity index is 994. The van der Waals surface area contributed by atoms with Gasteiger partial charge in [-0.05, 0) is 43.4 Å². The highest BCUT2D eigenvalue weighted by molar-refractivity contribution is 5.93. The van der Waals surface area contributed by atoms with Crippen molar-refractivity contribution in [3.05, 3.63) is 53.4 Å². The highest BCUT2D eigenvalue weighted by Crippen LogP contribution is 2.29. The maximum atomic E-state index is 13.2. The summed E-state index contributed by atoms with van der Waals surface area (Å²) in [7, 11) is 0. The van der Waals surface area contributed by atoms with Crippen LogP contribution in [0.25, 0.3) is 0 Å². The minimum atomic E-state index is -0.283. The number of ether oxygens (including phenoxy) is 2. The van der Waals surface area contributed by atoms with Crippen molar-refractivity contribution in [3.63, 3.8) is 0 Å². The van der Waals surface area contributed by atoms with Crippen LogP contribution < -0.4 is 5.32 Å². The van der Waals surface area contributed by atoms with E-state index >= 15 is 0 Å². The molecular formula is C24H29FN4O4. The molecule has 4 heterocycles. The van der Waals surface area contributed by atoms with Crippen molar-refractivity contribution in [2.24, 2.45) is 5.92 Å². The van der Waals surface area contributed by atoms with Gasteiger partial charge in [-0.1, -0.05) is 12.1 Å². The van der Waals surface area contributed by atoms with Crippen LogP contribution in [0.15, 0.2) is 30.6 Å². The van der Waals surface area contributed by atoms with E-state index in [1.165, 1.54) is 12.1 Å². The summed E-state index contributed by atoms with van der Waals surface area (Å²) in [4.78, 5) is 31.8. The van der Waals surface area contributed by atoms with Crippen LogP contribution in [-0.4, -0.2) is 58.6 Å². The van der Waals surface area contributed by atoms with Gasteiger partial charge in [0.2, 0.25) is 5.91 Å². The van der Waals surface area contributed by atoms with E-state index in [0.717, 1.165) is 30.7 Å². The third-order valence-electron chi connectivity index (χ3n) is 6.86. The lowest BCUT2D eigenvalue weighted by Crippen LogP contribution is -2.44. The lowest BCUT2D eigenvalue weighted by Gasteiger charge is -2.32. The number of likely N-dealkylation sites (tertiary alicyclic amines) is 1. The predicted molar refractivity (Wildman–Crippen MR) is 117 cm³/mol. The van der Waals surface area contributed by atoms with Crippen molar-refractivity contribution >= 4 is 11.8 Å². The van der Waals surface area contributed by atoms with E-state index in [9.17, 15) is 14.0 Å². The maximum Gasteiger partial charge on any atom is 0.274 e. The van der Waals surface area contributed by atoms with E-state index in [1.807, 2.05) is 4.57 Å². The Morgan fingerprint density at radius 2 is 1.91 bits per heavy atom. The quantitative estimate of drug-likeness (QED) is 0.747. The van der Waals surface area contributed by atoms with Gasteiger partial charge >= 0.3 is 0 Å². The molecule has 2 saturated heterocycles. The minimum Gasteiger partial charge on any atom is -0.376 e. The fourth-order valence-corrected chi connectivity index (χ4v) is 4.84. The average Bonchev–Trinajstić information content (AvgIpc) is 3.52. The number of nitrogens with one attached hydrogen (secondary N) is 1. The van der Waals surface area contributed by atoms with Crippen LogP contribution >= 0.6 is 0 Å². The van der Waals surface area contributed by atoms with E-state index in [4.69, 9.17) is 9.47 Å². The Balaban J connectivity index is 1.15. The topological polar surface area (TPSA) is 85.7 Å². The lowest BCUT2D eigenvalue weighted by molar-refractivity contribution is -0.126. The third kappa shape index (κ3) is 4.79. The second-order valence-corrected chi connectivity index (χ2v) is 8.99. The molecule has 8 nitrogen and oxygen atoms in total. The average molecular weight is 457 g/mol. The molecule has 0 unspecified atom stereocenters. The molecule has 2 aromatic rings. The molecule has 1 aromatic carbocycles. The summed E-state index contributed by atoms with van der Waals surface area (Å²) in [5.41, 5.74) is 2.06. The first-order chi connectivity index (χ1) is 16.1. The summed E-state index contributed by atoms with van der Waals surface area (Å²) in [5.74, 6) is -0.427. The van der Waals surface area contributed by atoms with E-state index in [2.05, 4.69) is 10.3 Å². The van der Waals surface area contributed by atoms with Gasteiger partial charge in [0.1, 0.15) is 11.9 Å². The largest absolute Gasteiger partial charge is 0.376 e. The van der Waals surface area contributed by atoms with E-state index in [0.29, 0.717) is 44.7 Å². The SMILES string of the molecule is O=C(NC[C@@H]1CCCO1)C1CCN(C(=O)c2ncn3c2CO[C@@H](c2ccc(F)cc2)C3)CC1.